The van der Waals surface area contributed by atoms with Gasteiger partial charge in [0.15, 0.2) is 8.68 Å². The molecule has 104 valence electrons. The number of hydrogen-bond acceptors (Lipinski definition) is 9. The molecule has 3 aromatic rings. The van der Waals surface area contributed by atoms with Crippen LogP contribution in [-0.2, 0) is 5.75 Å². The molecule has 0 aliphatic heterocycles. The number of aryl methyl sites for hydroxylation is 1. The fourth-order valence-corrected chi connectivity index (χ4v) is 4.55. The second-order valence-corrected chi connectivity index (χ2v) is 8.14. The molecule has 0 unspecified atom stereocenters. The van der Waals surface area contributed by atoms with Gasteiger partial charge < -0.3 is 0 Å². The smallest absolute Gasteiger partial charge is 0.267 e. The Bertz CT molecular complexity index is 807. The maximum atomic E-state index is 12.0. The van der Waals surface area contributed by atoms with Crippen molar-refractivity contribution in [2.45, 2.75) is 21.4 Å². The van der Waals surface area contributed by atoms with Gasteiger partial charge in [-0.3, -0.25) is 4.79 Å². The minimum absolute atomic E-state index is 0.143. The van der Waals surface area contributed by atoms with Crippen LogP contribution in [0.15, 0.2) is 19.5 Å². The Morgan fingerprint density at radius 3 is 2.85 bits per heavy atom. The van der Waals surface area contributed by atoms with E-state index in [0.29, 0.717) is 10.7 Å². The summed E-state index contributed by atoms with van der Waals surface area (Å²) in [6.07, 6.45) is 1.93. The highest BCUT2D eigenvalue weighted by molar-refractivity contribution is 8.00. The monoisotopic (exact) mass is 343 g/mol. The van der Waals surface area contributed by atoms with E-state index in [1.54, 1.807) is 0 Å². The zero-order valence-corrected chi connectivity index (χ0v) is 13.8. The molecule has 3 rings (SSSR count). The Morgan fingerprint density at radius 1 is 1.30 bits per heavy atom. The number of nitrogens with zero attached hydrogens (tertiary/aromatic N) is 5. The van der Waals surface area contributed by atoms with Gasteiger partial charge in [0.1, 0.15) is 5.01 Å². The second-order valence-electron chi connectivity index (χ2n) is 3.73. The van der Waals surface area contributed by atoms with Crippen LogP contribution < -0.4 is 5.56 Å². The fraction of sp³-hybridized carbons (Fsp3) is 0.300. The van der Waals surface area contributed by atoms with E-state index < -0.39 is 0 Å². The average Bonchev–Trinajstić information content (AvgIpc) is 3.02. The van der Waals surface area contributed by atoms with E-state index >= 15 is 0 Å². The molecular weight excluding hydrogens is 334 g/mol. The first-order valence-corrected chi connectivity index (χ1v) is 9.37. The highest BCUT2D eigenvalue weighted by Gasteiger charge is 2.09. The molecule has 0 atom stereocenters. The van der Waals surface area contributed by atoms with Crippen LogP contribution in [0.1, 0.15) is 10.7 Å². The molecule has 0 spiro atoms. The topological polar surface area (TPSA) is 73.0 Å². The molecule has 3 heterocycles. The van der Waals surface area contributed by atoms with E-state index in [9.17, 15) is 4.79 Å². The first-order valence-electron chi connectivity index (χ1n) is 5.52. The van der Waals surface area contributed by atoms with Gasteiger partial charge in [0.05, 0.1) is 5.69 Å². The molecular formula is C10H9N5OS4. The molecule has 10 heteroatoms. The third-order valence-corrected chi connectivity index (χ3v) is 6.19. The van der Waals surface area contributed by atoms with Crippen molar-refractivity contribution in [1.29, 1.82) is 0 Å². The summed E-state index contributed by atoms with van der Waals surface area (Å²) in [5, 5.41) is 13.1. The minimum Gasteiger partial charge on any atom is -0.267 e. The summed E-state index contributed by atoms with van der Waals surface area (Å²) in [5.74, 6) is 0.604. The zero-order chi connectivity index (χ0) is 14.1. The highest BCUT2D eigenvalue weighted by atomic mass is 32.2. The van der Waals surface area contributed by atoms with Crippen LogP contribution in [0.2, 0.25) is 0 Å². The largest absolute Gasteiger partial charge is 0.275 e. The minimum atomic E-state index is -0.143. The lowest BCUT2D eigenvalue weighted by Gasteiger charge is -1.97. The number of rotatable bonds is 4. The van der Waals surface area contributed by atoms with Crippen LogP contribution in [0, 0.1) is 6.92 Å². The van der Waals surface area contributed by atoms with Gasteiger partial charge in [-0.15, -0.1) is 15.3 Å². The van der Waals surface area contributed by atoms with E-state index in [-0.39, 0.29) is 5.56 Å². The Morgan fingerprint density at radius 2 is 2.15 bits per heavy atom. The molecule has 0 N–H and O–H groups in total. The number of thioether (sulfide) groups is 2. The Balaban J connectivity index is 1.86. The van der Waals surface area contributed by atoms with E-state index in [1.165, 1.54) is 56.8 Å². The predicted molar refractivity (Wildman–Crippen MR) is 83.1 cm³/mol. The van der Waals surface area contributed by atoms with Gasteiger partial charge in [-0.05, 0) is 13.2 Å². The number of aromatic nitrogens is 5. The summed E-state index contributed by atoms with van der Waals surface area (Å²) < 4.78 is 3.07. The summed E-state index contributed by atoms with van der Waals surface area (Å²) in [7, 11) is 0. The summed E-state index contributed by atoms with van der Waals surface area (Å²) in [6, 6.07) is 1.53. The fourth-order valence-electron chi connectivity index (χ4n) is 1.47. The lowest BCUT2D eigenvalue weighted by molar-refractivity contribution is 0.850. The average molecular weight is 343 g/mol. The number of fused-ring (bicyclic) bond motifs is 1. The van der Waals surface area contributed by atoms with E-state index in [0.717, 1.165) is 19.4 Å². The van der Waals surface area contributed by atoms with Crippen molar-refractivity contribution >= 4 is 51.2 Å². The van der Waals surface area contributed by atoms with Crippen molar-refractivity contribution in [3.8, 4) is 0 Å². The molecule has 0 saturated heterocycles. The van der Waals surface area contributed by atoms with Gasteiger partial charge in [0.25, 0.3) is 5.56 Å². The van der Waals surface area contributed by atoms with E-state index in [4.69, 9.17) is 0 Å². The maximum absolute atomic E-state index is 12.0. The van der Waals surface area contributed by atoms with Gasteiger partial charge in [0.2, 0.25) is 4.96 Å². The van der Waals surface area contributed by atoms with Crippen LogP contribution in [0.3, 0.4) is 0 Å². The Labute approximate surface area is 130 Å². The maximum Gasteiger partial charge on any atom is 0.275 e. The normalized spacial score (nSPS) is 11.3. The second kappa shape index (κ2) is 5.80. The van der Waals surface area contributed by atoms with E-state index in [1.807, 2.05) is 13.2 Å². The van der Waals surface area contributed by atoms with E-state index in [2.05, 4.69) is 20.3 Å². The van der Waals surface area contributed by atoms with Crippen molar-refractivity contribution in [1.82, 2.24) is 24.8 Å². The summed E-state index contributed by atoms with van der Waals surface area (Å²) in [5.41, 5.74) is 0.597. The van der Waals surface area contributed by atoms with Crippen LogP contribution in [0.5, 0.6) is 0 Å². The van der Waals surface area contributed by atoms with Crippen molar-refractivity contribution in [2.24, 2.45) is 0 Å². The quantitative estimate of drug-likeness (QED) is 0.673. The summed E-state index contributed by atoms with van der Waals surface area (Å²) in [4.78, 5) is 17.1. The number of hydrogen-bond donors (Lipinski definition) is 0. The predicted octanol–water partition coefficient (Wildman–Crippen LogP) is 2.33. The molecule has 20 heavy (non-hydrogen) atoms. The van der Waals surface area contributed by atoms with Crippen molar-refractivity contribution in [2.75, 3.05) is 6.26 Å². The molecule has 6 nitrogen and oxygen atoms in total. The van der Waals surface area contributed by atoms with Crippen LogP contribution >= 0.6 is 46.2 Å². The van der Waals surface area contributed by atoms with Crippen molar-refractivity contribution < 1.29 is 0 Å². The summed E-state index contributed by atoms with van der Waals surface area (Å²) >= 11 is 6.00. The first kappa shape index (κ1) is 14.0. The van der Waals surface area contributed by atoms with Gasteiger partial charge in [-0.2, -0.15) is 4.52 Å². The lowest BCUT2D eigenvalue weighted by atomic mass is 10.4. The molecule has 0 aromatic carbocycles. The molecule has 0 amide bonds. The van der Waals surface area contributed by atoms with Crippen LogP contribution in [-0.4, -0.2) is 31.1 Å². The molecule has 0 saturated carbocycles. The zero-order valence-electron chi connectivity index (χ0n) is 10.6. The van der Waals surface area contributed by atoms with Crippen LogP contribution in [0.4, 0.5) is 0 Å². The molecule has 0 aliphatic carbocycles. The Kier molecular flexibility index (Phi) is 4.06. The molecule has 0 radical (unpaired) electrons. The van der Waals surface area contributed by atoms with Gasteiger partial charge in [-0.1, -0.05) is 46.2 Å². The highest BCUT2D eigenvalue weighted by Crippen LogP contribution is 2.25. The first-order chi connectivity index (χ1) is 9.65. The molecule has 0 bridgehead atoms. The third kappa shape index (κ3) is 2.87. The SMILES string of the molecule is CSc1nn2c(=O)cc(CSc3nnc(C)s3)nc2s1. The standard InChI is InChI=1S/C10H9N5OS4/c1-5-12-13-9(19-5)18-4-6-3-7(16)15-8(11-6)20-10(14-15)17-2/h3H,4H2,1-2H3. The van der Waals surface area contributed by atoms with Gasteiger partial charge in [-0.25, -0.2) is 4.98 Å². The lowest BCUT2D eigenvalue weighted by Crippen LogP contribution is -2.15. The third-order valence-electron chi connectivity index (χ3n) is 2.31. The van der Waals surface area contributed by atoms with Crippen molar-refractivity contribution in [3.63, 3.8) is 0 Å². The Hall–Kier alpha value is -0.970. The molecule has 0 fully saturated rings. The van der Waals surface area contributed by atoms with Gasteiger partial charge in [0, 0.05) is 11.8 Å². The molecule has 0 aliphatic rings. The van der Waals surface area contributed by atoms with Crippen LogP contribution in [0.25, 0.3) is 4.96 Å². The van der Waals surface area contributed by atoms with Gasteiger partial charge >= 0.3 is 0 Å². The summed E-state index contributed by atoms with van der Waals surface area (Å²) in [6.45, 7) is 1.92. The molecule has 3 aromatic heterocycles. The van der Waals surface area contributed by atoms with Crippen molar-refractivity contribution in [3.05, 3.63) is 27.1 Å².